The van der Waals surface area contributed by atoms with Gasteiger partial charge >= 0.3 is 6.09 Å². The van der Waals surface area contributed by atoms with Crippen molar-refractivity contribution in [3.8, 4) is 0 Å². The van der Waals surface area contributed by atoms with Gasteiger partial charge in [-0.05, 0) is 44.1 Å². The molecule has 0 unspecified atom stereocenters. The quantitative estimate of drug-likeness (QED) is 0.440. The highest BCUT2D eigenvalue weighted by molar-refractivity contribution is 5.68. The van der Waals surface area contributed by atoms with E-state index in [0.717, 1.165) is 43.0 Å². The fourth-order valence-electron chi connectivity index (χ4n) is 5.53. The summed E-state index contributed by atoms with van der Waals surface area (Å²) in [5.74, 6) is -2.86. The van der Waals surface area contributed by atoms with Gasteiger partial charge in [0.2, 0.25) is 5.92 Å². The van der Waals surface area contributed by atoms with Crippen LogP contribution in [-0.2, 0) is 16.1 Å². The zero-order valence-electron chi connectivity index (χ0n) is 21.9. The number of nitrogens with one attached hydrogen (secondary N) is 1. The van der Waals surface area contributed by atoms with Gasteiger partial charge in [0.1, 0.15) is 6.61 Å². The van der Waals surface area contributed by atoms with Crippen LogP contribution in [-0.4, -0.2) is 52.9 Å². The lowest BCUT2D eigenvalue weighted by molar-refractivity contribution is -0.0497. The number of ether oxygens (including phenoxy) is 2. The van der Waals surface area contributed by atoms with Crippen LogP contribution in [0.4, 0.5) is 19.3 Å². The minimum absolute atomic E-state index is 0.121. The second kappa shape index (κ2) is 11.2. The minimum Gasteiger partial charge on any atom is -0.445 e. The van der Waals surface area contributed by atoms with Gasteiger partial charge in [0, 0.05) is 45.2 Å². The first-order valence-electron chi connectivity index (χ1n) is 13.3. The maximum absolute atomic E-state index is 14.0. The van der Waals surface area contributed by atoms with E-state index in [1.54, 1.807) is 4.52 Å². The predicted molar refractivity (Wildman–Crippen MR) is 139 cm³/mol. The number of hydrogen-bond donors (Lipinski definition) is 1. The van der Waals surface area contributed by atoms with E-state index >= 15 is 0 Å². The standard InChI is InChI=1S/C28H35F2N5O3/c1-19-25(32-24-16-23(17-31-35(19)24)34(2)22-10-14-37-15-11-22)26(21-8-12-28(29,30)13-9-21)33-27(36)38-18-20-6-4-3-5-7-20/h3-7,16-17,21-22,26H,8-15,18H2,1-2H3,(H,33,36)/t26-/m0/s1. The number of aromatic nitrogens is 3. The fourth-order valence-corrected chi connectivity index (χ4v) is 5.53. The molecule has 0 radical (unpaired) electrons. The lowest BCUT2D eigenvalue weighted by atomic mass is 9.80. The molecule has 1 atom stereocenters. The Balaban J connectivity index is 1.39. The lowest BCUT2D eigenvalue weighted by Crippen LogP contribution is -2.38. The van der Waals surface area contributed by atoms with Crippen LogP contribution in [0.1, 0.15) is 61.5 Å². The van der Waals surface area contributed by atoms with Gasteiger partial charge in [-0.3, -0.25) is 0 Å². The normalized spacial score (nSPS) is 19.3. The average molecular weight is 528 g/mol. The van der Waals surface area contributed by atoms with Crippen molar-refractivity contribution >= 4 is 17.4 Å². The Hall–Kier alpha value is -3.27. The van der Waals surface area contributed by atoms with Crippen LogP contribution in [0.2, 0.25) is 0 Å². The molecule has 1 saturated heterocycles. The van der Waals surface area contributed by atoms with E-state index in [9.17, 15) is 13.6 Å². The number of alkyl halides is 2. The van der Waals surface area contributed by atoms with Crippen LogP contribution in [0.3, 0.4) is 0 Å². The second-order valence-corrected chi connectivity index (χ2v) is 10.4. The average Bonchev–Trinajstić information content (AvgIpc) is 3.26. The summed E-state index contributed by atoms with van der Waals surface area (Å²) in [5, 5.41) is 7.60. The Morgan fingerprint density at radius 2 is 1.92 bits per heavy atom. The molecule has 5 rings (SSSR count). The Morgan fingerprint density at radius 3 is 2.63 bits per heavy atom. The number of nitrogens with zero attached hydrogens (tertiary/aromatic N) is 4. The topological polar surface area (TPSA) is 81.0 Å². The van der Waals surface area contributed by atoms with Crippen LogP contribution in [0.25, 0.3) is 5.65 Å². The Bertz CT molecular complexity index is 1240. The number of halogens is 2. The zero-order chi connectivity index (χ0) is 26.7. The van der Waals surface area contributed by atoms with Crippen molar-refractivity contribution in [3.05, 3.63) is 59.5 Å². The molecule has 3 heterocycles. The maximum Gasteiger partial charge on any atom is 0.408 e. The zero-order valence-corrected chi connectivity index (χ0v) is 21.9. The van der Waals surface area contributed by atoms with E-state index in [0.29, 0.717) is 17.4 Å². The van der Waals surface area contributed by atoms with Gasteiger partial charge in [0.15, 0.2) is 5.65 Å². The highest BCUT2D eigenvalue weighted by Gasteiger charge is 2.40. The molecule has 0 spiro atoms. The van der Waals surface area contributed by atoms with Gasteiger partial charge in [-0.2, -0.15) is 5.10 Å². The summed E-state index contributed by atoms with van der Waals surface area (Å²) >= 11 is 0. The van der Waals surface area contributed by atoms with E-state index in [2.05, 4.69) is 22.4 Å². The molecular weight excluding hydrogens is 492 g/mol. The monoisotopic (exact) mass is 527 g/mol. The smallest absolute Gasteiger partial charge is 0.408 e. The van der Waals surface area contributed by atoms with Gasteiger partial charge in [-0.1, -0.05) is 30.3 Å². The number of aryl methyl sites for hydroxylation is 1. The summed E-state index contributed by atoms with van der Waals surface area (Å²) in [6.45, 7) is 3.50. The molecule has 1 saturated carbocycles. The van der Waals surface area contributed by atoms with Gasteiger partial charge in [-0.15, -0.1) is 0 Å². The summed E-state index contributed by atoms with van der Waals surface area (Å²) < 4.78 is 40.7. The molecule has 2 aliphatic rings. The molecule has 1 amide bonds. The molecule has 1 aliphatic heterocycles. The van der Waals surface area contributed by atoms with Crippen molar-refractivity contribution in [3.63, 3.8) is 0 Å². The van der Waals surface area contributed by atoms with E-state index in [4.69, 9.17) is 14.5 Å². The minimum atomic E-state index is -2.67. The van der Waals surface area contributed by atoms with E-state index in [-0.39, 0.29) is 38.2 Å². The summed E-state index contributed by atoms with van der Waals surface area (Å²) in [6.07, 6.45) is 3.27. The van der Waals surface area contributed by atoms with E-state index in [1.807, 2.05) is 49.5 Å². The van der Waals surface area contributed by atoms with Crippen molar-refractivity contribution in [1.82, 2.24) is 19.9 Å². The largest absolute Gasteiger partial charge is 0.445 e. The first-order chi connectivity index (χ1) is 18.3. The van der Waals surface area contributed by atoms with Crippen LogP contribution in [0.15, 0.2) is 42.6 Å². The second-order valence-electron chi connectivity index (χ2n) is 10.4. The molecule has 1 N–H and O–H groups in total. The number of carbonyl (C=O) groups is 1. The van der Waals surface area contributed by atoms with Crippen molar-refractivity contribution in [2.45, 2.75) is 70.1 Å². The van der Waals surface area contributed by atoms with Crippen molar-refractivity contribution < 1.29 is 23.0 Å². The molecule has 8 nitrogen and oxygen atoms in total. The number of amides is 1. The number of imidazole rings is 1. The fraction of sp³-hybridized carbons (Fsp3) is 0.536. The molecular formula is C28H35F2N5O3. The molecule has 10 heteroatoms. The third kappa shape index (κ3) is 5.90. The molecule has 1 aliphatic carbocycles. The number of carbonyl (C=O) groups excluding carboxylic acids is 1. The lowest BCUT2D eigenvalue weighted by Gasteiger charge is -2.33. The number of benzene rings is 1. The van der Waals surface area contributed by atoms with Gasteiger partial charge in [0.25, 0.3) is 0 Å². The third-order valence-electron chi connectivity index (χ3n) is 7.88. The third-order valence-corrected chi connectivity index (χ3v) is 7.88. The highest BCUT2D eigenvalue weighted by atomic mass is 19.3. The Kier molecular flexibility index (Phi) is 7.78. The summed E-state index contributed by atoms with van der Waals surface area (Å²) in [5.41, 5.74) is 3.87. The van der Waals surface area contributed by atoms with Crippen LogP contribution >= 0.6 is 0 Å². The Labute approximate surface area is 221 Å². The number of fused-ring (bicyclic) bond motifs is 1. The van der Waals surface area contributed by atoms with Crippen LogP contribution in [0, 0.1) is 12.8 Å². The first kappa shape index (κ1) is 26.3. The van der Waals surface area contributed by atoms with Gasteiger partial charge in [0.05, 0.1) is 29.3 Å². The number of alkyl carbamates (subject to hydrolysis) is 1. The molecule has 204 valence electrons. The molecule has 0 bridgehead atoms. The maximum atomic E-state index is 14.0. The first-order valence-corrected chi connectivity index (χ1v) is 13.3. The van der Waals surface area contributed by atoms with E-state index < -0.39 is 18.1 Å². The van der Waals surface area contributed by atoms with Gasteiger partial charge < -0.3 is 19.7 Å². The highest BCUT2D eigenvalue weighted by Crippen LogP contribution is 2.42. The summed E-state index contributed by atoms with van der Waals surface area (Å²) in [4.78, 5) is 19.9. The predicted octanol–water partition coefficient (Wildman–Crippen LogP) is 5.45. The van der Waals surface area contributed by atoms with Crippen molar-refractivity contribution in [2.75, 3.05) is 25.2 Å². The molecule has 38 heavy (non-hydrogen) atoms. The molecule has 2 fully saturated rings. The molecule has 3 aromatic rings. The van der Waals surface area contributed by atoms with E-state index in [1.165, 1.54) is 0 Å². The van der Waals surface area contributed by atoms with Gasteiger partial charge in [-0.25, -0.2) is 23.1 Å². The van der Waals surface area contributed by atoms with Crippen LogP contribution < -0.4 is 10.2 Å². The van der Waals surface area contributed by atoms with Crippen molar-refractivity contribution in [1.29, 1.82) is 0 Å². The summed E-state index contributed by atoms with van der Waals surface area (Å²) in [7, 11) is 2.05. The number of rotatable bonds is 7. The number of anilines is 1. The SMILES string of the molecule is Cc1c([C@@H](NC(=O)OCc2ccccc2)C2CCC(F)(F)CC2)nc2cc(N(C)C3CCOCC3)cnn12. The molecule has 2 aromatic heterocycles. The Morgan fingerprint density at radius 1 is 1.21 bits per heavy atom. The molecule has 1 aromatic carbocycles. The number of hydrogen-bond acceptors (Lipinski definition) is 6. The summed E-state index contributed by atoms with van der Waals surface area (Å²) in [6, 6.07) is 11.2. The van der Waals surface area contributed by atoms with Crippen LogP contribution in [0.5, 0.6) is 0 Å². The van der Waals surface area contributed by atoms with Crippen molar-refractivity contribution in [2.24, 2.45) is 5.92 Å².